The first-order valence-corrected chi connectivity index (χ1v) is 17.1. The molecule has 5 rings (SSSR count). The van der Waals surface area contributed by atoms with Crippen LogP contribution in [0.4, 0.5) is 25.0 Å². The van der Waals surface area contributed by atoms with Crippen molar-refractivity contribution in [2.75, 3.05) is 12.3 Å². The second-order valence-corrected chi connectivity index (χ2v) is 14.2. The zero-order chi connectivity index (χ0) is 35.6. The third-order valence-electron chi connectivity index (χ3n) is 8.65. The van der Waals surface area contributed by atoms with E-state index in [0.717, 1.165) is 0 Å². The first-order valence-electron chi connectivity index (χ1n) is 15.2. The van der Waals surface area contributed by atoms with Crippen LogP contribution in [-0.4, -0.2) is 84.2 Å². The Kier molecular flexibility index (Phi) is 11.1. The number of thioether (sulfide) groups is 2. The van der Waals surface area contributed by atoms with Crippen molar-refractivity contribution in [1.82, 2.24) is 9.80 Å². The van der Waals surface area contributed by atoms with Crippen molar-refractivity contribution in [2.24, 2.45) is 11.8 Å². The molecular weight excluding hydrogens is 690 g/mol. The van der Waals surface area contributed by atoms with Crippen LogP contribution in [-0.2, 0) is 32.3 Å². The highest BCUT2D eigenvalue weighted by Crippen LogP contribution is 2.52. The van der Waals surface area contributed by atoms with Gasteiger partial charge in [0.25, 0.3) is 17.1 Å². The topological polar surface area (TPSA) is 183 Å². The molecule has 2 aromatic rings. The van der Waals surface area contributed by atoms with Gasteiger partial charge in [-0.05, 0) is 48.7 Å². The highest BCUT2D eigenvalue weighted by molar-refractivity contribution is 8.03. The molecule has 0 spiro atoms. The van der Waals surface area contributed by atoms with Crippen molar-refractivity contribution < 1.29 is 47.6 Å². The molecule has 2 saturated heterocycles. The van der Waals surface area contributed by atoms with E-state index >= 15 is 0 Å². The fourth-order valence-corrected chi connectivity index (χ4v) is 8.49. The van der Waals surface area contributed by atoms with Gasteiger partial charge in [0.1, 0.15) is 18.9 Å². The van der Waals surface area contributed by atoms with E-state index < -0.39 is 63.6 Å². The van der Waals surface area contributed by atoms with Gasteiger partial charge in [0.2, 0.25) is 5.91 Å². The summed E-state index contributed by atoms with van der Waals surface area (Å²) in [6.45, 7) is 2.95. The van der Waals surface area contributed by atoms with E-state index in [9.17, 15) is 48.5 Å². The standard InChI is InChI=1S/C31H32F2N4O10S2/c1-16-25-24(17(2)38)28(39)35(25)26(29(40)46-13-18-3-7-20(8-4-18)36(42)43)27(16)49-23-11-22(15-48-30(32)33)34(12-23)31(41)47-14-19-5-9-21(10-6-19)37(44)45/h3-10,16-17,22-25,30,38H,11-15H2,1-2H3/t16-,17-,22+,23+,24-,25-/m1/s1. The lowest BCUT2D eigenvalue weighted by Gasteiger charge is -2.46. The maximum Gasteiger partial charge on any atom is 0.410 e. The Morgan fingerprint density at radius 2 is 1.55 bits per heavy atom. The number of carbonyl (C=O) groups is 3. The number of halogens is 2. The van der Waals surface area contributed by atoms with Crippen molar-refractivity contribution >= 4 is 52.9 Å². The Labute approximate surface area is 287 Å². The number of aliphatic hydroxyl groups is 1. The molecule has 0 bridgehead atoms. The minimum Gasteiger partial charge on any atom is -0.456 e. The van der Waals surface area contributed by atoms with E-state index in [2.05, 4.69) is 0 Å². The average molecular weight is 723 g/mol. The first-order chi connectivity index (χ1) is 23.3. The van der Waals surface area contributed by atoms with E-state index in [0.29, 0.717) is 27.8 Å². The summed E-state index contributed by atoms with van der Waals surface area (Å²) in [5.74, 6) is -5.17. The fourth-order valence-electron chi connectivity index (χ4n) is 6.25. The Morgan fingerprint density at radius 1 is 1.00 bits per heavy atom. The molecule has 3 aliphatic rings. The zero-order valence-corrected chi connectivity index (χ0v) is 27.8. The minimum absolute atomic E-state index is 0.00372. The smallest absolute Gasteiger partial charge is 0.410 e. The van der Waals surface area contributed by atoms with Crippen molar-refractivity contribution in [3.63, 3.8) is 0 Å². The van der Waals surface area contributed by atoms with Crippen molar-refractivity contribution in [2.45, 2.75) is 62.7 Å². The molecule has 0 radical (unpaired) electrons. The lowest BCUT2D eigenvalue weighted by atomic mass is 9.79. The predicted octanol–water partition coefficient (Wildman–Crippen LogP) is 5.08. The number of hydrogen-bond donors (Lipinski definition) is 1. The van der Waals surface area contributed by atoms with Gasteiger partial charge >= 0.3 is 12.1 Å². The van der Waals surface area contributed by atoms with Crippen LogP contribution >= 0.6 is 23.5 Å². The number of ether oxygens (including phenoxy) is 2. The Morgan fingerprint density at radius 3 is 2.06 bits per heavy atom. The monoisotopic (exact) mass is 722 g/mol. The molecule has 3 heterocycles. The van der Waals surface area contributed by atoms with Crippen molar-refractivity contribution in [3.05, 3.63) is 90.5 Å². The number of rotatable bonds is 13. The minimum atomic E-state index is -2.67. The number of likely N-dealkylation sites (tertiary alicyclic amines) is 1. The number of hydrogen-bond acceptors (Lipinski definition) is 12. The first kappa shape index (κ1) is 36.0. The van der Waals surface area contributed by atoms with Gasteiger partial charge in [-0.2, -0.15) is 8.78 Å². The van der Waals surface area contributed by atoms with Crippen LogP contribution in [0, 0.1) is 32.1 Å². The van der Waals surface area contributed by atoms with E-state index in [-0.39, 0.29) is 54.3 Å². The van der Waals surface area contributed by atoms with Gasteiger partial charge in [-0.25, -0.2) is 9.59 Å². The van der Waals surface area contributed by atoms with Gasteiger partial charge in [0, 0.05) is 58.7 Å². The van der Waals surface area contributed by atoms with Crippen LogP contribution in [0.3, 0.4) is 0 Å². The average Bonchev–Trinajstić information content (AvgIpc) is 3.57. The molecule has 0 unspecified atom stereocenters. The summed E-state index contributed by atoms with van der Waals surface area (Å²) >= 11 is 1.63. The van der Waals surface area contributed by atoms with Crippen LogP contribution in [0.1, 0.15) is 31.4 Å². The highest BCUT2D eigenvalue weighted by Gasteiger charge is 2.60. The fraction of sp³-hybridized carbons (Fsp3) is 0.452. The quantitative estimate of drug-likeness (QED) is 0.125. The molecular formula is C31H32F2N4O10S2. The van der Waals surface area contributed by atoms with Gasteiger partial charge in [-0.3, -0.25) is 25.0 Å². The summed E-state index contributed by atoms with van der Waals surface area (Å²) in [4.78, 5) is 63.9. The van der Waals surface area contributed by atoms with E-state index in [4.69, 9.17) is 9.47 Å². The van der Waals surface area contributed by atoms with E-state index in [1.165, 1.54) is 77.0 Å². The molecule has 6 atom stereocenters. The summed E-state index contributed by atoms with van der Waals surface area (Å²) in [6.07, 6.45) is -1.47. The summed E-state index contributed by atoms with van der Waals surface area (Å²) in [5.41, 5.74) is 0.710. The van der Waals surface area contributed by atoms with Crippen molar-refractivity contribution in [1.29, 1.82) is 0 Å². The van der Waals surface area contributed by atoms with E-state index in [1.54, 1.807) is 0 Å². The number of nitro groups is 2. The van der Waals surface area contributed by atoms with E-state index in [1.807, 2.05) is 6.92 Å². The lowest BCUT2D eigenvalue weighted by molar-refractivity contribution is -0.385. The van der Waals surface area contributed by atoms with Gasteiger partial charge in [0.15, 0.2) is 0 Å². The third-order valence-corrected chi connectivity index (χ3v) is 11.0. The van der Waals surface area contributed by atoms with Crippen LogP contribution in [0.15, 0.2) is 59.1 Å². The normalized spacial score (nSPS) is 23.7. The van der Waals surface area contributed by atoms with Crippen molar-refractivity contribution in [3.8, 4) is 0 Å². The number of nitro benzene ring substituents is 2. The number of carbonyl (C=O) groups excluding carboxylic acids is 3. The number of β-lactam (4-membered cyclic amide) rings is 1. The van der Waals surface area contributed by atoms with Gasteiger partial charge < -0.3 is 24.4 Å². The SMILES string of the molecule is C[C@@H](O)[C@H]1C(=O)N2C(C(=O)OCc3ccc([N+](=O)[O-])cc3)=C(S[C@H]3C[C@@H](CSC(F)F)N(C(=O)OCc4ccc([N+](=O)[O-])cc4)C3)[C@H](C)[C@H]12. The molecule has 14 nitrogen and oxygen atoms in total. The molecule has 18 heteroatoms. The summed E-state index contributed by atoms with van der Waals surface area (Å²) in [7, 11) is 0. The molecule has 1 N–H and O–H groups in total. The number of amides is 2. The van der Waals surface area contributed by atoms with Gasteiger partial charge in [-0.15, -0.1) is 11.8 Å². The molecule has 0 saturated carbocycles. The van der Waals surface area contributed by atoms with Gasteiger partial charge in [-0.1, -0.05) is 18.7 Å². The largest absolute Gasteiger partial charge is 0.456 e. The second kappa shape index (κ2) is 15.1. The maximum atomic E-state index is 13.6. The number of aliphatic hydroxyl groups excluding tert-OH is 1. The van der Waals surface area contributed by atoms with Crippen LogP contribution in [0.5, 0.6) is 0 Å². The molecule has 0 aromatic heterocycles. The zero-order valence-electron chi connectivity index (χ0n) is 26.2. The lowest BCUT2D eigenvalue weighted by Crippen LogP contribution is -2.63. The molecule has 2 aromatic carbocycles. The summed E-state index contributed by atoms with van der Waals surface area (Å²) in [5, 5.41) is 31.9. The van der Waals surface area contributed by atoms with Crippen LogP contribution in [0.2, 0.25) is 0 Å². The molecule has 2 fully saturated rings. The molecule has 49 heavy (non-hydrogen) atoms. The number of alkyl halides is 2. The molecule has 0 aliphatic carbocycles. The number of non-ortho nitro benzene ring substituents is 2. The Balaban J connectivity index is 1.33. The molecule has 2 amide bonds. The summed E-state index contributed by atoms with van der Waals surface area (Å²) in [6, 6.07) is 9.71. The maximum absolute atomic E-state index is 13.6. The van der Waals surface area contributed by atoms with Gasteiger partial charge in [0.05, 0.1) is 27.9 Å². The van der Waals surface area contributed by atoms with Crippen LogP contribution in [0.25, 0.3) is 0 Å². The second-order valence-electron chi connectivity index (χ2n) is 11.8. The highest BCUT2D eigenvalue weighted by atomic mass is 32.2. The number of fused-ring (bicyclic) bond motifs is 1. The van der Waals surface area contributed by atoms with Crippen LogP contribution < -0.4 is 0 Å². The third kappa shape index (κ3) is 7.80. The Hall–Kier alpha value is -4.29. The Bertz CT molecular complexity index is 1640. The summed E-state index contributed by atoms with van der Waals surface area (Å²) < 4.78 is 37.4. The molecule has 262 valence electrons. The number of benzene rings is 2. The molecule has 3 aliphatic heterocycles. The predicted molar refractivity (Wildman–Crippen MR) is 173 cm³/mol. The number of esters is 1. The number of nitrogens with zero attached hydrogens (tertiary/aromatic N) is 4.